The molecule has 2 aliphatic rings. The van der Waals surface area contributed by atoms with Crippen molar-refractivity contribution < 1.29 is 8.94 Å². The van der Waals surface area contributed by atoms with Crippen LogP contribution in [0.1, 0.15) is 41.5 Å². The van der Waals surface area contributed by atoms with E-state index >= 15 is 0 Å². The van der Waals surface area contributed by atoms with Gasteiger partial charge < -0.3 is 15.6 Å². The molecule has 7 heteroatoms. The van der Waals surface area contributed by atoms with Crippen LogP contribution in [0.15, 0.2) is 106 Å². The van der Waals surface area contributed by atoms with Gasteiger partial charge in [-0.3, -0.25) is 4.99 Å². The molecule has 1 aliphatic heterocycles. The van der Waals surface area contributed by atoms with Crippen molar-refractivity contribution in [2.75, 3.05) is 5.32 Å². The molecule has 0 radical (unpaired) electrons. The Morgan fingerprint density at radius 3 is 2.39 bits per heavy atom. The molecule has 1 aliphatic carbocycles. The van der Waals surface area contributed by atoms with Gasteiger partial charge in [-0.05, 0) is 94.6 Å². The Morgan fingerprint density at radius 1 is 1.19 bits per heavy atom. The van der Waals surface area contributed by atoms with Gasteiger partial charge in [0, 0.05) is 23.4 Å². The largest absolute Gasteiger partial charge is 0.374 e. The van der Waals surface area contributed by atoms with Gasteiger partial charge in [-0.15, -0.1) is 0 Å². The highest BCUT2D eigenvalue weighted by Gasteiger charge is 2.23. The Bertz CT molecular complexity index is 1120. The van der Waals surface area contributed by atoms with Crippen molar-refractivity contribution in [2.45, 2.75) is 53.1 Å². The van der Waals surface area contributed by atoms with Gasteiger partial charge in [-0.1, -0.05) is 43.4 Å². The summed E-state index contributed by atoms with van der Waals surface area (Å²) in [6.45, 7) is 11.6. The first kappa shape index (κ1) is 30.9. The highest BCUT2D eigenvalue weighted by molar-refractivity contribution is 7.74. The minimum atomic E-state index is -0.343. The highest BCUT2D eigenvalue weighted by atomic mass is 32.1. The number of nitrogens with two attached hydrogens (primary N) is 1. The van der Waals surface area contributed by atoms with Gasteiger partial charge in [0.15, 0.2) is 0 Å². The van der Waals surface area contributed by atoms with Gasteiger partial charge in [-0.2, -0.15) is 5.26 Å². The molecule has 0 bridgehead atoms. The number of aliphatic imine (C=N–C) groups is 1. The molecule has 0 aromatic heterocycles. The number of nitriles is 1. The molecule has 5 nitrogen and oxygen atoms in total. The second kappa shape index (κ2) is 15.0. The predicted octanol–water partition coefficient (Wildman–Crippen LogP) is 7.34. The average molecular weight is 509 g/mol. The molecule has 36 heavy (non-hydrogen) atoms. The number of hydrogen-bond donors (Lipinski definition) is 4. The fourth-order valence-electron chi connectivity index (χ4n) is 3.24. The van der Waals surface area contributed by atoms with Crippen LogP contribution >= 0.6 is 12.9 Å². The maximum Gasteiger partial charge on any atom is 0.126 e. The maximum absolute atomic E-state index is 14.7. The number of nitrogens with one attached hydrogen (secondary N) is 1. The number of para-hydroxylation sites is 1. The third-order valence-electron chi connectivity index (χ3n) is 4.82. The molecule has 2 atom stereocenters. The van der Waals surface area contributed by atoms with Gasteiger partial charge in [0.25, 0.3) is 0 Å². The van der Waals surface area contributed by atoms with Crippen LogP contribution in [0.4, 0.5) is 10.1 Å². The van der Waals surface area contributed by atoms with Gasteiger partial charge in [0.2, 0.25) is 0 Å². The lowest BCUT2D eigenvalue weighted by Gasteiger charge is -2.23. The topological polar surface area (TPSA) is 94.4 Å². The zero-order valence-electron chi connectivity index (χ0n) is 21.8. The van der Waals surface area contributed by atoms with E-state index in [0.717, 1.165) is 11.3 Å². The number of halogens is 1. The van der Waals surface area contributed by atoms with Crippen LogP contribution < -0.4 is 11.1 Å². The van der Waals surface area contributed by atoms with Gasteiger partial charge in [0.1, 0.15) is 5.83 Å². The minimum absolute atomic E-state index is 0. The van der Waals surface area contributed by atoms with E-state index in [1.807, 2.05) is 95.5 Å². The molecule has 0 spiro atoms. The van der Waals surface area contributed by atoms with Crippen LogP contribution in [0.25, 0.3) is 0 Å². The van der Waals surface area contributed by atoms with E-state index in [2.05, 4.69) is 29.3 Å². The Labute approximate surface area is 220 Å². The van der Waals surface area contributed by atoms with Crippen molar-refractivity contribution in [3.05, 3.63) is 101 Å². The van der Waals surface area contributed by atoms with Crippen LogP contribution in [0.5, 0.6) is 0 Å². The van der Waals surface area contributed by atoms with Crippen molar-refractivity contribution in [1.29, 1.82) is 5.26 Å². The van der Waals surface area contributed by atoms with E-state index in [1.54, 1.807) is 13.0 Å². The molecule has 0 amide bonds. The van der Waals surface area contributed by atoms with Crippen molar-refractivity contribution in [1.82, 2.24) is 0 Å². The Kier molecular flexibility index (Phi) is 12.9. The summed E-state index contributed by atoms with van der Waals surface area (Å²) in [5.41, 5.74) is 9.34. The summed E-state index contributed by atoms with van der Waals surface area (Å²) in [4.78, 5) is 4.45. The number of rotatable bonds is 4. The van der Waals surface area contributed by atoms with Crippen molar-refractivity contribution in [2.24, 2.45) is 16.6 Å². The molecule has 1 aromatic carbocycles. The van der Waals surface area contributed by atoms with E-state index in [4.69, 9.17) is 10.3 Å². The molecule has 192 valence electrons. The molecular weight excluding hydrogens is 471 g/mol. The number of hydrogen-bond acceptors (Lipinski definition) is 6. The Hall–Kier alpha value is -3.18. The van der Waals surface area contributed by atoms with E-state index < -0.39 is 0 Å². The van der Waals surface area contributed by atoms with Crippen molar-refractivity contribution >= 4 is 24.8 Å². The lowest BCUT2D eigenvalue weighted by molar-refractivity contribution is 0.580. The van der Waals surface area contributed by atoms with Crippen LogP contribution in [0.3, 0.4) is 0 Å². The quantitative estimate of drug-likeness (QED) is 0.194. The third-order valence-corrected chi connectivity index (χ3v) is 4.82. The lowest BCUT2D eigenvalue weighted by atomic mass is 9.93. The second-order valence-corrected chi connectivity index (χ2v) is 9.61. The predicted molar refractivity (Wildman–Crippen MR) is 154 cm³/mol. The molecule has 2 unspecified atom stereocenters. The summed E-state index contributed by atoms with van der Waals surface area (Å²) in [5, 5.41) is 13.3. The number of thiol groups is 1. The molecule has 3 rings (SSSR count). The SMILES string of the molecule is CC(C)(C)N.CC1=CC(C)=C(F)C=C(/C(C#N)=C/C2=CC=CC(C)C=N2)C1Nc1ccccc1.OS. The maximum atomic E-state index is 14.7. The molecule has 1 aromatic rings. The number of benzene rings is 1. The standard InChI is InChI=1S/C25H24FN3.C4H11N.H2OS/c1-17-8-7-11-22(28-16-17)13-20(15-27)23-14-24(26)18(2)12-19(3)25(23)29-21-9-5-4-6-10-21;1-4(2,3)5;1-2/h4-14,16-17,25,29H,1-3H3;5H2,1-3H3;1-2H/b20-13+;;. The Balaban J connectivity index is 0.000000826. The first-order valence-electron chi connectivity index (χ1n) is 11.6. The second-order valence-electron chi connectivity index (χ2n) is 9.61. The van der Waals surface area contributed by atoms with Crippen molar-refractivity contribution in [3.8, 4) is 6.07 Å². The van der Waals surface area contributed by atoms with Gasteiger partial charge in [0.05, 0.1) is 23.4 Å². The molecule has 0 fully saturated rings. The molecular formula is C29H37FN4OS. The normalized spacial score (nSPS) is 19.7. The van der Waals surface area contributed by atoms with Crippen LogP contribution in [-0.2, 0) is 0 Å². The summed E-state index contributed by atoms with van der Waals surface area (Å²) in [7, 11) is 0. The summed E-state index contributed by atoms with van der Waals surface area (Å²) in [6, 6.07) is 11.6. The third kappa shape index (κ3) is 11.0. The molecule has 1 heterocycles. The molecule has 0 saturated heterocycles. The Morgan fingerprint density at radius 2 is 1.81 bits per heavy atom. The molecule has 4 N–H and O–H groups in total. The van der Waals surface area contributed by atoms with Crippen LogP contribution in [0.2, 0.25) is 0 Å². The van der Waals surface area contributed by atoms with Crippen LogP contribution in [-0.4, -0.2) is 22.3 Å². The summed E-state index contributed by atoms with van der Waals surface area (Å²) in [6.07, 6.45) is 12.6. The first-order valence-corrected chi connectivity index (χ1v) is 12.0. The zero-order valence-corrected chi connectivity index (χ0v) is 22.7. The minimum Gasteiger partial charge on any atom is -0.374 e. The summed E-state index contributed by atoms with van der Waals surface area (Å²) < 4.78 is 21.4. The van der Waals surface area contributed by atoms with E-state index in [9.17, 15) is 9.65 Å². The van der Waals surface area contributed by atoms with Crippen molar-refractivity contribution in [3.63, 3.8) is 0 Å². The molecule has 0 saturated carbocycles. The van der Waals surface area contributed by atoms with E-state index in [0.29, 0.717) is 22.4 Å². The lowest BCUT2D eigenvalue weighted by Crippen LogP contribution is -2.26. The summed E-state index contributed by atoms with van der Waals surface area (Å²) >= 11 is 2.53. The van der Waals surface area contributed by atoms with Gasteiger partial charge in [-0.25, -0.2) is 4.39 Å². The van der Waals surface area contributed by atoms with E-state index in [-0.39, 0.29) is 23.3 Å². The average Bonchev–Trinajstić information content (AvgIpc) is 3.09. The summed E-state index contributed by atoms with van der Waals surface area (Å²) in [5.74, 6) is -0.120. The monoisotopic (exact) mass is 508 g/mol. The van der Waals surface area contributed by atoms with Crippen LogP contribution in [0, 0.1) is 17.2 Å². The number of anilines is 1. The smallest absolute Gasteiger partial charge is 0.126 e. The first-order chi connectivity index (χ1) is 17.0. The fraction of sp³-hybridized carbons (Fsp3) is 0.310. The van der Waals surface area contributed by atoms with Gasteiger partial charge >= 0.3 is 0 Å². The highest BCUT2D eigenvalue weighted by Crippen LogP contribution is 2.31. The fourth-order valence-corrected chi connectivity index (χ4v) is 3.24. The number of nitrogens with zero attached hydrogens (tertiary/aromatic N) is 2. The zero-order chi connectivity index (χ0) is 27.3. The number of allylic oxidation sites excluding steroid dienone is 8. The van der Waals surface area contributed by atoms with E-state index in [1.165, 1.54) is 6.08 Å².